The molecule has 0 heterocycles. The van der Waals surface area contributed by atoms with E-state index in [-0.39, 0.29) is 0 Å². The van der Waals surface area contributed by atoms with Crippen LogP contribution in [0.2, 0.25) is 0 Å². The third-order valence-corrected chi connectivity index (χ3v) is 2.65. The smallest absolute Gasteiger partial charge is 0.0620 e. The second-order valence-electron chi connectivity index (χ2n) is 4.03. The second kappa shape index (κ2) is 4.27. The molecule has 3 N–H and O–H groups in total. The van der Waals surface area contributed by atoms with Crippen LogP contribution in [-0.4, -0.2) is 0 Å². The normalized spacial score (nSPS) is 10.1. The Hall–Kier alpha value is -1.96. The SMILES string of the molecule is Cc1ccc(Nc2cccc(C)c2N)cc1. The number of benzene rings is 2. The van der Waals surface area contributed by atoms with Crippen LogP contribution in [0.25, 0.3) is 0 Å². The van der Waals surface area contributed by atoms with Gasteiger partial charge in [0.25, 0.3) is 0 Å². The van der Waals surface area contributed by atoms with E-state index < -0.39 is 0 Å². The monoisotopic (exact) mass is 212 g/mol. The van der Waals surface area contributed by atoms with Gasteiger partial charge < -0.3 is 11.1 Å². The molecule has 0 aliphatic heterocycles. The van der Waals surface area contributed by atoms with E-state index in [1.54, 1.807) is 0 Å². The van der Waals surface area contributed by atoms with E-state index in [0.717, 1.165) is 22.6 Å². The van der Waals surface area contributed by atoms with Gasteiger partial charge in [0, 0.05) is 5.69 Å². The Kier molecular flexibility index (Phi) is 2.82. The lowest BCUT2D eigenvalue weighted by molar-refractivity contribution is 1.43. The van der Waals surface area contributed by atoms with Crippen LogP contribution in [0.4, 0.5) is 17.1 Å². The zero-order valence-corrected chi connectivity index (χ0v) is 9.62. The fourth-order valence-corrected chi connectivity index (χ4v) is 1.58. The van der Waals surface area contributed by atoms with Crippen molar-refractivity contribution in [1.82, 2.24) is 0 Å². The molecule has 0 aromatic heterocycles. The first kappa shape index (κ1) is 10.6. The van der Waals surface area contributed by atoms with Gasteiger partial charge in [-0.05, 0) is 37.6 Å². The predicted octanol–water partition coefficient (Wildman–Crippen LogP) is 3.63. The van der Waals surface area contributed by atoms with E-state index in [1.165, 1.54) is 5.56 Å². The van der Waals surface area contributed by atoms with Crippen molar-refractivity contribution in [1.29, 1.82) is 0 Å². The maximum atomic E-state index is 6.00. The van der Waals surface area contributed by atoms with Crippen molar-refractivity contribution in [3.05, 3.63) is 53.6 Å². The van der Waals surface area contributed by atoms with Gasteiger partial charge in [-0.3, -0.25) is 0 Å². The molecular formula is C14H16N2. The van der Waals surface area contributed by atoms with E-state index in [4.69, 9.17) is 5.73 Å². The molecule has 2 aromatic rings. The number of hydrogen-bond donors (Lipinski definition) is 2. The van der Waals surface area contributed by atoms with Gasteiger partial charge in [0.1, 0.15) is 0 Å². The number of rotatable bonds is 2. The van der Waals surface area contributed by atoms with Crippen LogP contribution < -0.4 is 11.1 Å². The van der Waals surface area contributed by atoms with E-state index in [2.05, 4.69) is 36.5 Å². The minimum atomic E-state index is 0.808. The van der Waals surface area contributed by atoms with Gasteiger partial charge in [0.15, 0.2) is 0 Å². The summed E-state index contributed by atoms with van der Waals surface area (Å²) < 4.78 is 0. The molecule has 16 heavy (non-hydrogen) atoms. The quantitative estimate of drug-likeness (QED) is 0.746. The zero-order valence-electron chi connectivity index (χ0n) is 9.62. The highest BCUT2D eigenvalue weighted by Crippen LogP contribution is 2.25. The second-order valence-corrected chi connectivity index (χ2v) is 4.03. The molecule has 0 atom stereocenters. The lowest BCUT2D eigenvalue weighted by Crippen LogP contribution is -1.98. The maximum absolute atomic E-state index is 6.00. The van der Waals surface area contributed by atoms with Crippen LogP contribution in [0.15, 0.2) is 42.5 Å². The van der Waals surface area contributed by atoms with E-state index in [9.17, 15) is 0 Å². The Morgan fingerprint density at radius 2 is 1.62 bits per heavy atom. The molecule has 2 nitrogen and oxygen atoms in total. The van der Waals surface area contributed by atoms with Gasteiger partial charge in [-0.2, -0.15) is 0 Å². The average Bonchev–Trinajstić information content (AvgIpc) is 2.28. The minimum absolute atomic E-state index is 0.808. The Balaban J connectivity index is 2.27. The molecule has 2 rings (SSSR count). The molecule has 0 bridgehead atoms. The van der Waals surface area contributed by atoms with Gasteiger partial charge in [-0.1, -0.05) is 29.8 Å². The first-order valence-electron chi connectivity index (χ1n) is 5.35. The number of anilines is 3. The summed E-state index contributed by atoms with van der Waals surface area (Å²) in [6.45, 7) is 4.08. The summed E-state index contributed by atoms with van der Waals surface area (Å²) in [5.74, 6) is 0. The summed E-state index contributed by atoms with van der Waals surface area (Å²) in [6.07, 6.45) is 0. The van der Waals surface area contributed by atoms with Crippen molar-refractivity contribution < 1.29 is 0 Å². The summed E-state index contributed by atoms with van der Waals surface area (Å²) >= 11 is 0. The first-order chi connectivity index (χ1) is 7.66. The van der Waals surface area contributed by atoms with Crippen LogP contribution in [0, 0.1) is 13.8 Å². The predicted molar refractivity (Wildman–Crippen MR) is 70.1 cm³/mol. The lowest BCUT2D eigenvalue weighted by Gasteiger charge is -2.11. The first-order valence-corrected chi connectivity index (χ1v) is 5.35. The molecule has 82 valence electrons. The number of para-hydroxylation sites is 1. The fourth-order valence-electron chi connectivity index (χ4n) is 1.58. The number of nitrogens with two attached hydrogens (primary N) is 1. The summed E-state index contributed by atoms with van der Waals surface area (Å²) in [4.78, 5) is 0. The number of nitrogen functional groups attached to an aromatic ring is 1. The summed E-state index contributed by atoms with van der Waals surface area (Å²) in [7, 11) is 0. The zero-order chi connectivity index (χ0) is 11.5. The van der Waals surface area contributed by atoms with Crippen LogP contribution in [0.1, 0.15) is 11.1 Å². The van der Waals surface area contributed by atoms with Crippen molar-refractivity contribution in [2.45, 2.75) is 13.8 Å². The molecule has 0 amide bonds. The van der Waals surface area contributed by atoms with Crippen molar-refractivity contribution >= 4 is 17.1 Å². The van der Waals surface area contributed by atoms with Crippen LogP contribution in [-0.2, 0) is 0 Å². The van der Waals surface area contributed by atoms with Crippen molar-refractivity contribution in [3.63, 3.8) is 0 Å². The summed E-state index contributed by atoms with van der Waals surface area (Å²) in [5.41, 5.74) is 11.2. The van der Waals surface area contributed by atoms with E-state index in [0.29, 0.717) is 0 Å². The molecule has 0 saturated heterocycles. The molecule has 0 radical (unpaired) electrons. The maximum Gasteiger partial charge on any atom is 0.0620 e. The Morgan fingerprint density at radius 3 is 2.31 bits per heavy atom. The standard InChI is InChI=1S/C14H16N2/c1-10-6-8-12(9-7-10)16-13-5-3-4-11(2)14(13)15/h3-9,16H,15H2,1-2H3. The average molecular weight is 212 g/mol. The van der Waals surface area contributed by atoms with Crippen LogP contribution in [0.5, 0.6) is 0 Å². The van der Waals surface area contributed by atoms with Gasteiger partial charge in [-0.25, -0.2) is 0 Å². The molecule has 0 fully saturated rings. The lowest BCUT2D eigenvalue weighted by atomic mass is 10.1. The van der Waals surface area contributed by atoms with Crippen LogP contribution in [0.3, 0.4) is 0 Å². The fraction of sp³-hybridized carbons (Fsp3) is 0.143. The van der Waals surface area contributed by atoms with Crippen molar-refractivity contribution in [3.8, 4) is 0 Å². The van der Waals surface area contributed by atoms with Crippen molar-refractivity contribution in [2.24, 2.45) is 0 Å². The van der Waals surface area contributed by atoms with Crippen molar-refractivity contribution in [2.75, 3.05) is 11.1 Å². The highest BCUT2D eigenvalue weighted by molar-refractivity contribution is 5.74. The highest BCUT2D eigenvalue weighted by Gasteiger charge is 2.01. The summed E-state index contributed by atoms with van der Waals surface area (Å²) in [5, 5.41) is 3.32. The van der Waals surface area contributed by atoms with Gasteiger partial charge in [-0.15, -0.1) is 0 Å². The van der Waals surface area contributed by atoms with E-state index >= 15 is 0 Å². The Labute approximate surface area is 96.1 Å². The molecule has 0 aliphatic rings. The highest BCUT2D eigenvalue weighted by atomic mass is 14.9. The van der Waals surface area contributed by atoms with E-state index in [1.807, 2.05) is 25.1 Å². The van der Waals surface area contributed by atoms with Gasteiger partial charge >= 0.3 is 0 Å². The largest absolute Gasteiger partial charge is 0.397 e. The molecular weight excluding hydrogens is 196 g/mol. The Morgan fingerprint density at radius 1 is 0.938 bits per heavy atom. The molecule has 0 saturated carbocycles. The van der Waals surface area contributed by atoms with Gasteiger partial charge in [0.2, 0.25) is 0 Å². The van der Waals surface area contributed by atoms with Gasteiger partial charge in [0.05, 0.1) is 11.4 Å². The molecule has 0 spiro atoms. The molecule has 0 aliphatic carbocycles. The summed E-state index contributed by atoms with van der Waals surface area (Å²) in [6, 6.07) is 14.3. The topological polar surface area (TPSA) is 38.0 Å². The Bertz CT molecular complexity index is 487. The number of hydrogen-bond acceptors (Lipinski definition) is 2. The third kappa shape index (κ3) is 2.16. The number of aryl methyl sites for hydroxylation is 2. The molecule has 0 unspecified atom stereocenters. The minimum Gasteiger partial charge on any atom is -0.397 e. The molecule has 2 heteroatoms. The van der Waals surface area contributed by atoms with Crippen LogP contribution >= 0.6 is 0 Å². The third-order valence-electron chi connectivity index (χ3n) is 2.65. The number of nitrogens with one attached hydrogen (secondary N) is 1. The molecule has 2 aromatic carbocycles.